The molecule has 0 aliphatic carbocycles. The minimum absolute atomic E-state index is 0.687. The van der Waals surface area contributed by atoms with E-state index < -0.39 is 0 Å². The number of aromatic amines is 1. The molecule has 0 aliphatic rings. The van der Waals surface area contributed by atoms with Gasteiger partial charge in [-0.25, -0.2) is 15.0 Å². The molecular weight excluding hydrogens is 310 g/mol. The lowest BCUT2D eigenvalue weighted by atomic mass is 10.0. The molecule has 5 nitrogen and oxygen atoms in total. The number of unbranched alkanes of at least 4 members (excludes halogenated alkanes) is 5. The number of aryl methyl sites for hydroxylation is 1. The van der Waals surface area contributed by atoms with Crippen molar-refractivity contribution in [2.24, 2.45) is 0 Å². The zero-order valence-electron chi connectivity index (χ0n) is 15.0. The van der Waals surface area contributed by atoms with Crippen molar-refractivity contribution in [3.8, 4) is 0 Å². The van der Waals surface area contributed by atoms with Crippen molar-refractivity contribution in [3.05, 3.63) is 48.0 Å². The molecule has 0 bridgehead atoms. The van der Waals surface area contributed by atoms with Gasteiger partial charge in [-0.05, 0) is 24.0 Å². The fourth-order valence-electron chi connectivity index (χ4n) is 3.02. The lowest BCUT2D eigenvalue weighted by Gasteiger charge is -2.07. The van der Waals surface area contributed by atoms with Gasteiger partial charge in [0.15, 0.2) is 11.5 Å². The van der Waals surface area contributed by atoms with E-state index in [1.807, 2.05) is 0 Å². The molecule has 0 aliphatic heterocycles. The number of H-pyrrole nitrogens is 1. The zero-order valence-corrected chi connectivity index (χ0v) is 15.0. The third kappa shape index (κ3) is 5.02. The molecule has 25 heavy (non-hydrogen) atoms. The Morgan fingerprint density at radius 2 is 1.64 bits per heavy atom. The van der Waals surface area contributed by atoms with E-state index in [2.05, 4.69) is 56.4 Å². The largest absolute Gasteiger partial charge is 0.364 e. The van der Waals surface area contributed by atoms with E-state index in [0.717, 1.165) is 17.9 Å². The number of fused-ring (bicyclic) bond motifs is 1. The number of anilines is 1. The van der Waals surface area contributed by atoms with Crippen molar-refractivity contribution in [2.45, 2.75) is 58.4 Å². The fraction of sp³-hybridized carbons (Fsp3) is 0.450. The molecule has 0 radical (unpaired) electrons. The van der Waals surface area contributed by atoms with Gasteiger partial charge in [-0.15, -0.1) is 0 Å². The summed E-state index contributed by atoms with van der Waals surface area (Å²) < 4.78 is 0. The maximum Gasteiger partial charge on any atom is 0.182 e. The highest BCUT2D eigenvalue weighted by atomic mass is 15.1. The van der Waals surface area contributed by atoms with Gasteiger partial charge < -0.3 is 10.3 Å². The molecule has 2 heterocycles. The van der Waals surface area contributed by atoms with E-state index in [1.54, 1.807) is 6.33 Å². The van der Waals surface area contributed by atoms with Crippen LogP contribution in [0, 0.1) is 0 Å². The molecule has 0 fully saturated rings. The van der Waals surface area contributed by atoms with Gasteiger partial charge in [0.2, 0.25) is 0 Å². The number of nitrogens with zero attached hydrogens (tertiary/aromatic N) is 3. The molecule has 0 atom stereocenters. The third-order valence-corrected chi connectivity index (χ3v) is 4.52. The molecule has 3 rings (SSSR count). The molecule has 0 saturated carbocycles. The molecule has 5 heteroatoms. The Balaban J connectivity index is 1.45. The van der Waals surface area contributed by atoms with Gasteiger partial charge in [0.25, 0.3) is 0 Å². The van der Waals surface area contributed by atoms with E-state index >= 15 is 0 Å². The van der Waals surface area contributed by atoms with Crippen LogP contribution in [0.5, 0.6) is 0 Å². The SMILES string of the molecule is CCCCCCCCc1ccc(CNc2ncnc3nc[nH]c23)cc1. The molecule has 2 N–H and O–H groups in total. The lowest BCUT2D eigenvalue weighted by Crippen LogP contribution is -2.02. The van der Waals surface area contributed by atoms with Crippen LogP contribution in [-0.2, 0) is 13.0 Å². The normalized spacial score (nSPS) is 11.1. The van der Waals surface area contributed by atoms with Crippen LogP contribution in [0.25, 0.3) is 11.2 Å². The van der Waals surface area contributed by atoms with Crippen molar-refractivity contribution in [3.63, 3.8) is 0 Å². The first-order chi connectivity index (χ1) is 12.4. The van der Waals surface area contributed by atoms with Gasteiger partial charge in [-0.1, -0.05) is 63.3 Å². The molecular formula is C20H27N5. The first-order valence-corrected chi connectivity index (χ1v) is 9.32. The first kappa shape index (κ1) is 17.4. The van der Waals surface area contributed by atoms with E-state index in [-0.39, 0.29) is 0 Å². The van der Waals surface area contributed by atoms with Gasteiger partial charge in [0.05, 0.1) is 6.33 Å². The predicted octanol–water partition coefficient (Wildman–Crippen LogP) is 4.87. The zero-order chi connectivity index (χ0) is 17.3. The number of rotatable bonds is 10. The first-order valence-electron chi connectivity index (χ1n) is 9.32. The summed E-state index contributed by atoms with van der Waals surface area (Å²) in [7, 11) is 0. The van der Waals surface area contributed by atoms with Crippen LogP contribution in [0.15, 0.2) is 36.9 Å². The van der Waals surface area contributed by atoms with Crippen LogP contribution in [0.1, 0.15) is 56.6 Å². The Hall–Kier alpha value is -2.43. The Morgan fingerprint density at radius 3 is 2.48 bits per heavy atom. The molecule has 2 aromatic heterocycles. The molecule has 0 amide bonds. The summed E-state index contributed by atoms with van der Waals surface area (Å²) in [5.74, 6) is 0.790. The van der Waals surface area contributed by atoms with Crippen LogP contribution in [0.4, 0.5) is 5.82 Å². The van der Waals surface area contributed by atoms with E-state index in [9.17, 15) is 0 Å². The summed E-state index contributed by atoms with van der Waals surface area (Å²) in [6, 6.07) is 8.89. The van der Waals surface area contributed by atoms with Crippen LogP contribution >= 0.6 is 0 Å². The second-order valence-corrected chi connectivity index (χ2v) is 6.51. The Labute approximate surface area is 149 Å². The second kappa shape index (κ2) is 9.16. The molecule has 1 aromatic carbocycles. The van der Waals surface area contributed by atoms with Crippen LogP contribution in [0.3, 0.4) is 0 Å². The number of hydrogen-bond donors (Lipinski definition) is 2. The highest BCUT2D eigenvalue weighted by Gasteiger charge is 2.05. The predicted molar refractivity (Wildman–Crippen MR) is 103 cm³/mol. The van der Waals surface area contributed by atoms with Gasteiger partial charge in [-0.3, -0.25) is 0 Å². The molecule has 0 spiro atoms. The Morgan fingerprint density at radius 1 is 0.880 bits per heavy atom. The average molecular weight is 337 g/mol. The maximum atomic E-state index is 4.29. The quantitative estimate of drug-likeness (QED) is 0.518. The minimum Gasteiger partial charge on any atom is -0.364 e. The minimum atomic E-state index is 0.687. The smallest absolute Gasteiger partial charge is 0.182 e. The van der Waals surface area contributed by atoms with Crippen LogP contribution < -0.4 is 5.32 Å². The van der Waals surface area contributed by atoms with E-state index in [1.165, 1.54) is 62.4 Å². The van der Waals surface area contributed by atoms with Gasteiger partial charge in [0.1, 0.15) is 11.8 Å². The van der Waals surface area contributed by atoms with Crippen LogP contribution in [-0.4, -0.2) is 19.9 Å². The summed E-state index contributed by atoms with van der Waals surface area (Å²) in [6.07, 6.45) is 12.4. The molecule has 0 unspecified atom stereocenters. The molecule has 132 valence electrons. The number of aromatic nitrogens is 4. The van der Waals surface area contributed by atoms with Crippen molar-refractivity contribution in [2.75, 3.05) is 5.32 Å². The summed E-state index contributed by atoms with van der Waals surface area (Å²) in [4.78, 5) is 15.6. The number of nitrogens with one attached hydrogen (secondary N) is 2. The molecule has 0 saturated heterocycles. The van der Waals surface area contributed by atoms with Crippen molar-refractivity contribution >= 4 is 17.0 Å². The summed E-state index contributed by atoms with van der Waals surface area (Å²) >= 11 is 0. The summed E-state index contributed by atoms with van der Waals surface area (Å²) in [5, 5.41) is 3.36. The van der Waals surface area contributed by atoms with Crippen molar-refractivity contribution in [1.29, 1.82) is 0 Å². The van der Waals surface area contributed by atoms with E-state index in [4.69, 9.17) is 0 Å². The Kier molecular flexibility index (Phi) is 6.37. The lowest BCUT2D eigenvalue weighted by molar-refractivity contribution is 0.607. The van der Waals surface area contributed by atoms with Crippen LogP contribution in [0.2, 0.25) is 0 Å². The standard InChI is InChI=1S/C20H27N5/c1-2-3-4-5-6-7-8-16-9-11-17(12-10-16)13-21-19-18-20(23-14-22-18)25-15-24-19/h9-12,14-15H,2-8,13H2,1H3,(H2,21,22,23,24,25). The van der Waals surface area contributed by atoms with Gasteiger partial charge >= 0.3 is 0 Å². The highest BCUT2D eigenvalue weighted by Crippen LogP contribution is 2.16. The summed E-state index contributed by atoms with van der Waals surface area (Å²) in [5.41, 5.74) is 4.21. The topological polar surface area (TPSA) is 66.5 Å². The summed E-state index contributed by atoms with van der Waals surface area (Å²) in [6.45, 7) is 3.00. The fourth-order valence-corrected chi connectivity index (χ4v) is 3.02. The van der Waals surface area contributed by atoms with Crippen molar-refractivity contribution in [1.82, 2.24) is 19.9 Å². The Bertz CT molecular complexity index is 763. The number of benzene rings is 1. The average Bonchev–Trinajstić information content (AvgIpc) is 3.13. The van der Waals surface area contributed by atoms with Crippen molar-refractivity contribution < 1.29 is 0 Å². The molecule has 3 aromatic rings. The van der Waals surface area contributed by atoms with Gasteiger partial charge in [0, 0.05) is 6.54 Å². The third-order valence-electron chi connectivity index (χ3n) is 4.52. The maximum absolute atomic E-state index is 4.29. The van der Waals surface area contributed by atoms with Gasteiger partial charge in [-0.2, -0.15) is 0 Å². The monoisotopic (exact) mass is 337 g/mol. The highest BCUT2D eigenvalue weighted by molar-refractivity contribution is 5.81. The number of imidazole rings is 1. The van der Waals surface area contributed by atoms with E-state index in [0.29, 0.717) is 5.65 Å². The second-order valence-electron chi connectivity index (χ2n) is 6.51. The number of hydrogen-bond acceptors (Lipinski definition) is 4.